The van der Waals surface area contributed by atoms with Gasteiger partial charge in [-0.3, -0.25) is 14.3 Å². The first-order chi connectivity index (χ1) is 12.4. The van der Waals surface area contributed by atoms with Crippen molar-refractivity contribution in [3.8, 4) is 5.75 Å². The summed E-state index contributed by atoms with van der Waals surface area (Å²) in [5.74, 6) is 0.0753. The van der Waals surface area contributed by atoms with Crippen molar-refractivity contribution >= 4 is 5.97 Å². The van der Waals surface area contributed by atoms with Crippen molar-refractivity contribution in [1.82, 2.24) is 14.5 Å². The largest absolute Gasteiger partial charge is 0.496 e. The summed E-state index contributed by atoms with van der Waals surface area (Å²) in [5, 5.41) is 9.33. The van der Waals surface area contributed by atoms with Crippen molar-refractivity contribution in [2.24, 2.45) is 7.05 Å². The zero-order valence-electron chi connectivity index (χ0n) is 15.3. The summed E-state index contributed by atoms with van der Waals surface area (Å²) in [6, 6.07) is 5.22. The molecule has 0 saturated carbocycles. The number of carbonyl (C=O) groups is 1. The number of rotatable bonds is 4. The van der Waals surface area contributed by atoms with Crippen LogP contribution in [0.1, 0.15) is 33.0 Å². The van der Waals surface area contributed by atoms with E-state index in [0.29, 0.717) is 25.1 Å². The van der Waals surface area contributed by atoms with E-state index in [1.165, 1.54) is 7.11 Å². The Morgan fingerprint density at radius 2 is 2.04 bits per heavy atom. The number of ether oxygens (including phenoxy) is 1. The predicted octanol–water partition coefficient (Wildman–Crippen LogP) is 1.40. The molecule has 0 aliphatic carbocycles. The summed E-state index contributed by atoms with van der Waals surface area (Å²) >= 11 is 0. The van der Waals surface area contributed by atoms with Crippen LogP contribution in [0.15, 0.2) is 23.0 Å². The summed E-state index contributed by atoms with van der Waals surface area (Å²) in [7, 11) is 3.21. The first kappa shape index (κ1) is 18.1. The number of hydrogen-bond acceptors (Lipinski definition) is 5. The van der Waals surface area contributed by atoms with Crippen LogP contribution in [-0.2, 0) is 26.4 Å². The molecule has 0 saturated heterocycles. The van der Waals surface area contributed by atoms with Crippen LogP contribution < -0.4 is 10.3 Å². The molecule has 0 bridgehead atoms. The van der Waals surface area contributed by atoms with Gasteiger partial charge in [-0.2, -0.15) is 0 Å². The molecule has 2 aromatic rings. The highest BCUT2D eigenvalue weighted by Crippen LogP contribution is 2.21. The van der Waals surface area contributed by atoms with Gasteiger partial charge in [0.2, 0.25) is 0 Å². The second-order valence-electron chi connectivity index (χ2n) is 6.56. The molecule has 1 aromatic carbocycles. The van der Waals surface area contributed by atoms with Crippen LogP contribution in [0, 0.1) is 6.92 Å². The van der Waals surface area contributed by atoms with E-state index in [0.717, 1.165) is 35.7 Å². The van der Waals surface area contributed by atoms with Gasteiger partial charge in [0.05, 0.1) is 12.8 Å². The van der Waals surface area contributed by atoms with Gasteiger partial charge in [-0.15, -0.1) is 0 Å². The van der Waals surface area contributed by atoms with Crippen molar-refractivity contribution in [3.05, 3.63) is 56.8 Å². The van der Waals surface area contributed by atoms with Crippen LogP contribution in [0.5, 0.6) is 5.75 Å². The van der Waals surface area contributed by atoms with Gasteiger partial charge in [-0.1, -0.05) is 6.07 Å². The molecule has 7 heteroatoms. The van der Waals surface area contributed by atoms with Crippen LogP contribution >= 0.6 is 0 Å². The molecule has 26 heavy (non-hydrogen) atoms. The first-order valence-corrected chi connectivity index (χ1v) is 8.58. The van der Waals surface area contributed by atoms with Gasteiger partial charge in [-0.25, -0.2) is 9.78 Å². The molecule has 1 N–H and O–H groups in total. The maximum atomic E-state index is 12.5. The lowest BCUT2D eigenvalue weighted by Gasteiger charge is -2.20. The Hall–Kier alpha value is -2.67. The van der Waals surface area contributed by atoms with Crippen molar-refractivity contribution in [2.45, 2.75) is 26.3 Å². The van der Waals surface area contributed by atoms with E-state index < -0.39 is 5.97 Å². The number of aromatic carboxylic acids is 1. The lowest BCUT2D eigenvalue weighted by atomic mass is 10.1. The fraction of sp³-hybridized carbons (Fsp3) is 0.421. The Kier molecular flexibility index (Phi) is 5.08. The number of aryl methyl sites for hydroxylation is 1. The van der Waals surface area contributed by atoms with Gasteiger partial charge in [0.25, 0.3) is 5.56 Å². The van der Waals surface area contributed by atoms with Gasteiger partial charge in [0.15, 0.2) is 0 Å². The molecule has 0 spiro atoms. The monoisotopic (exact) mass is 357 g/mol. The molecule has 0 amide bonds. The minimum atomic E-state index is -1.00. The molecular weight excluding hydrogens is 334 g/mol. The third kappa shape index (κ3) is 3.48. The minimum absolute atomic E-state index is 0.0342. The molecule has 0 radical (unpaired) electrons. The first-order valence-electron chi connectivity index (χ1n) is 8.58. The SMILES string of the molecule is COc1ccc(CN2CCc3nc(C)n(C)c(=O)c3CC2)cc1C(=O)O. The zero-order chi connectivity index (χ0) is 18.8. The van der Waals surface area contributed by atoms with Crippen LogP contribution in [-0.4, -0.2) is 45.7 Å². The predicted molar refractivity (Wildman–Crippen MR) is 96.9 cm³/mol. The van der Waals surface area contributed by atoms with Crippen molar-refractivity contribution in [2.75, 3.05) is 20.2 Å². The lowest BCUT2D eigenvalue weighted by molar-refractivity contribution is 0.0693. The highest BCUT2D eigenvalue weighted by Gasteiger charge is 2.20. The minimum Gasteiger partial charge on any atom is -0.496 e. The Labute approximate surface area is 151 Å². The average molecular weight is 357 g/mol. The number of nitrogens with zero attached hydrogens (tertiary/aromatic N) is 3. The molecular formula is C19H23N3O4. The molecule has 138 valence electrons. The molecule has 1 aromatic heterocycles. The van der Waals surface area contributed by atoms with Gasteiger partial charge in [-0.05, 0) is 31.0 Å². The molecule has 1 aliphatic heterocycles. The van der Waals surface area contributed by atoms with Gasteiger partial charge in [0.1, 0.15) is 17.1 Å². The topological polar surface area (TPSA) is 84.7 Å². The number of fused-ring (bicyclic) bond motifs is 1. The number of aromatic nitrogens is 2. The van der Waals surface area contributed by atoms with Crippen LogP contribution in [0.25, 0.3) is 0 Å². The molecule has 3 rings (SSSR count). The van der Waals surface area contributed by atoms with Crippen molar-refractivity contribution in [1.29, 1.82) is 0 Å². The van der Waals surface area contributed by atoms with Gasteiger partial charge < -0.3 is 9.84 Å². The molecule has 1 aliphatic rings. The summed E-state index contributed by atoms with van der Waals surface area (Å²) in [6.45, 7) is 3.98. The fourth-order valence-electron chi connectivity index (χ4n) is 3.35. The van der Waals surface area contributed by atoms with E-state index in [1.54, 1.807) is 23.7 Å². The fourth-order valence-corrected chi connectivity index (χ4v) is 3.35. The van der Waals surface area contributed by atoms with E-state index in [9.17, 15) is 14.7 Å². The summed E-state index contributed by atoms with van der Waals surface area (Å²) in [4.78, 5) is 30.7. The Morgan fingerprint density at radius 1 is 1.31 bits per heavy atom. The maximum Gasteiger partial charge on any atom is 0.339 e. The quantitative estimate of drug-likeness (QED) is 0.890. The standard InChI is InChI=1S/C19H23N3O4/c1-12-20-16-7-9-22(8-6-14(16)18(23)21(12)2)11-13-4-5-17(26-3)15(10-13)19(24)25/h4-5,10H,6-9,11H2,1-3H3,(H,24,25). The van der Waals surface area contributed by atoms with E-state index >= 15 is 0 Å². The lowest BCUT2D eigenvalue weighted by Crippen LogP contribution is -2.28. The van der Waals surface area contributed by atoms with Crippen LogP contribution in [0.4, 0.5) is 0 Å². The van der Waals surface area contributed by atoms with Crippen LogP contribution in [0.2, 0.25) is 0 Å². The normalized spacial score (nSPS) is 14.6. The number of methoxy groups -OCH3 is 1. The summed E-state index contributed by atoms with van der Waals surface area (Å²) in [6.07, 6.45) is 1.37. The molecule has 0 atom stereocenters. The second-order valence-corrected chi connectivity index (χ2v) is 6.56. The highest BCUT2D eigenvalue weighted by atomic mass is 16.5. The number of carboxylic acid groups (broad SMARTS) is 1. The summed E-state index contributed by atoms with van der Waals surface area (Å²) in [5.41, 5.74) is 2.78. The number of hydrogen-bond donors (Lipinski definition) is 1. The Balaban J connectivity index is 1.79. The van der Waals surface area contributed by atoms with E-state index in [-0.39, 0.29) is 11.1 Å². The molecule has 0 unspecified atom stereocenters. The summed E-state index contributed by atoms with van der Waals surface area (Å²) < 4.78 is 6.70. The zero-order valence-corrected chi connectivity index (χ0v) is 15.3. The number of carboxylic acids is 1. The molecule has 0 fully saturated rings. The Bertz CT molecular complexity index is 904. The van der Waals surface area contributed by atoms with E-state index in [2.05, 4.69) is 9.88 Å². The van der Waals surface area contributed by atoms with Gasteiger partial charge in [0, 0.05) is 38.7 Å². The van der Waals surface area contributed by atoms with E-state index in [1.807, 2.05) is 13.0 Å². The Morgan fingerprint density at radius 3 is 2.73 bits per heavy atom. The van der Waals surface area contributed by atoms with Crippen molar-refractivity contribution in [3.63, 3.8) is 0 Å². The highest BCUT2D eigenvalue weighted by molar-refractivity contribution is 5.91. The smallest absolute Gasteiger partial charge is 0.339 e. The molecule has 7 nitrogen and oxygen atoms in total. The average Bonchev–Trinajstić information content (AvgIpc) is 2.82. The third-order valence-corrected chi connectivity index (χ3v) is 4.94. The second kappa shape index (κ2) is 7.29. The van der Waals surface area contributed by atoms with Crippen molar-refractivity contribution < 1.29 is 14.6 Å². The van der Waals surface area contributed by atoms with E-state index in [4.69, 9.17) is 4.74 Å². The van der Waals surface area contributed by atoms with Gasteiger partial charge >= 0.3 is 5.97 Å². The maximum absolute atomic E-state index is 12.5. The molecule has 2 heterocycles. The third-order valence-electron chi connectivity index (χ3n) is 4.94. The number of benzene rings is 1. The van der Waals surface area contributed by atoms with Crippen LogP contribution in [0.3, 0.4) is 0 Å².